The van der Waals surface area contributed by atoms with Crippen molar-refractivity contribution in [2.75, 3.05) is 16.0 Å². The number of anilines is 2. The van der Waals surface area contributed by atoms with Gasteiger partial charge in [0.25, 0.3) is 0 Å². The molecular formula is C17H18N6O3S2. The number of hydrogen-bond donors (Lipinski definition) is 3. The standard InChI is InChI=1S/C17H18N6O3S2/c1-2-14(25)23(10-4-5-10)16-21-22-17(28-16)27-8-13(24)18-9-3-6-11-12(7-9)20-15(26)19-11/h3,6-7,10H,2,4-5,8H2,1H3,(H,18,24)(H2,19,20,26). The molecule has 1 fully saturated rings. The molecule has 0 unspecified atom stereocenters. The number of aromatic nitrogens is 4. The summed E-state index contributed by atoms with van der Waals surface area (Å²) in [4.78, 5) is 42.7. The van der Waals surface area contributed by atoms with Crippen LogP contribution in [0.25, 0.3) is 11.0 Å². The highest BCUT2D eigenvalue weighted by Crippen LogP contribution is 2.36. The van der Waals surface area contributed by atoms with Crippen molar-refractivity contribution in [3.05, 3.63) is 28.7 Å². The second-order valence-electron chi connectivity index (χ2n) is 6.38. The number of H-pyrrole nitrogens is 2. The zero-order valence-corrected chi connectivity index (χ0v) is 16.7. The van der Waals surface area contributed by atoms with E-state index in [4.69, 9.17) is 0 Å². The maximum absolute atomic E-state index is 12.2. The number of carbonyl (C=O) groups excluding carboxylic acids is 2. The molecule has 1 aliphatic carbocycles. The molecule has 146 valence electrons. The van der Waals surface area contributed by atoms with Crippen LogP contribution in [-0.4, -0.2) is 43.8 Å². The third-order valence-electron chi connectivity index (χ3n) is 4.21. The summed E-state index contributed by atoms with van der Waals surface area (Å²) in [6.07, 6.45) is 2.41. The Labute approximate surface area is 167 Å². The SMILES string of the molecule is CCC(=O)N(c1nnc(SCC(=O)Nc2ccc3[nH]c(=O)[nH]c3c2)s1)C1CC1. The Bertz CT molecular complexity index is 1080. The Hall–Kier alpha value is -2.66. The van der Waals surface area contributed by atoms with Gasteiger partial charge in [-0.1, -0.05) is 30.0 Å². The molecule has 0 atom stereocenters. The van der Waals surface area contributed by atoms with Crippen molar-refractivity contribution in [3.63, 3.8) is 0 Å². The fourth-order valence-electron chi connectivity index (χ4n) is 2.76. The summed E-state index contributed by atoms with van der Waals surface area (Å²) in [5.74, 6) is 0.0235. The number of rotatable bonds is 7. The first-order chi connectivity index (χ1) is 13.5. The number of amides is 2. The Morgan fingerprint density at radius 3 is 2.82 bits per heavy atom. The Balaban J connectivity index is 1.36. The van der Waals surface area contributed by atoms with Crippen LogP contribution in [0.2, 0.25) is 0 Å². The molecule has 3 aromatic rings. The van der Waals surface area contributed by atoms with E-state index in [1.54, 1.807) is 23.1 Å². The summed E-state index contributed by atoms with van der Waals surface area (Å²) < 4.78 is 0.644. The first-order valence-corrected chi connectivity index (χ1v) is 10.6. The maximum atomic E-state index is 12.2. The van der Waals surface area contributed by atoms with Crippen molar-refractivity contribution in [2.24, 2.45) is 0 Å². The van der Waals surface area contributed by atoms with Crippen LogP contribution >= 0.6 is 23.1 Å². The molecule has 9 nitrogen and oxygen atoms in total. The summed E-state index contributed by atoms with van der Waals surface area (Å²) in [5, 5.41) is 11.6. The largest absolute Gasteiger partial charge is 0.325 e. The van der Waals surface area contributed by atoms with Gasteiger partial charge in [-0.25, -0.2) is 4.79 Å². The highest BCUT2D eigenvalue weighted by atomic mass is 32.2. The molecule has 28 heavy (non-hydrogen) atoms. The third kappa shape index (κ3) is 4.09. The lowest BCUT2D eigenvalue weighted by atomic mass is 10.3. The van der Waals surface area contributed by atoms with Gasteiger partial charge in [0.1, 0.15) is 0 Å². The van der Waals surface area contributed by atoms with Gasteiger partial charge in [0.05, 0.1) is 16.8 Å². The van der Waals surface area contributed by atoms with Crippen LogP contribution in [-0.2, 0) is 9.59 Å². The summed E-state index contributed by atoms with van der Waals surface area (Å²) in [5.41, 5.74) is 1.62. The summed E-state index contributed by atoms with van der Waals surface area (Å²) in [6.45, 7) is 1.83. The fraction of sp³-hybridized carbons (Fsp3) is 0.353. The summed E-state index contributed by atoms with van der Waals surface area (Å²) in [6, 6.07) is 5.38. The number of aromatic amines is 2. The molecule has 2 heterocycles. The Morgan fingerprint density at radius 2 is 2.07 bits per heavy atom. The number of imidazole rings is 1. The fourth-order valence-corrected chi connectivity index (χ4v) is 4.49. The van der Waals surface area contributed by atoms with E-state index in [9.17, 15) is 14.4 Å². The van der Waals surface area contributed by atoms with Crippen LogP contribution in [0.15, 0.2) is 27.3 Å². The average molecular weight is 419 g/mol. The van der Waals surface area contributed by atoms with Gasteiger partial charge in [-0.05, 0) is 31.0 Å². The van der Waals surface area contributed by atoms with Gasteiger partial charge in [-0.3, -0.25) is 14.5 Å². The van der Waals surface area contributed by atoms with Crippen LogP contribution in [0.5, 0.6) is 0 Å². The number of nitrogens with zero attached hydrogens (tertiary/aromatic N) is 3. The highest BCUT2D eigenvalue weighted by molar-refractivity contribution is 8.01. The third-order valence-corrected chi connectivity index (χ3v) is 6.27. The predicted molar refractivity (Wildman–Crippen MR) is 109 cm³/mol. The van der Waals surface area contributed by atoms with Gasteiger partial charge in [0.2, 0.25) is 16.9 Å². The number of thioether (sulfide) groups is 1. The summed E-state index contributed by atoms with van der Waals surface area (Å²) in [7, 11) is 0. The monoisotopic (exact) mass is 418 g/mol. The van der Waals surface area contributed by atoms with E-state index in [0.29, 0.717) is 32.6 Å². The molecule has 0 saturated heterocycles. The Kier molecular flexibility index (Phi) is 5.18. The molecule has 1 aliphatic rings. The number of fused-ring (bicyclic) bond motifs is 1. The van der Waals surface area contributed by atoms with Gasteiger partial charge in [-0.2, -0.15) is 0 Å². The van der Waals surface area contributed by atoms with Crippen molar-refractivity contribution >= 4 is 56.8 Å². The van der Waals surface area contributed by atoms with E-state index < -0.39 is 0 Å². The first kappa shape index (κ1) is 18.7. The van der Waals surface area contributed by atoms with E-state index in [1.165, 1.54) is 23.1 Å². The van der Waals surface area contributed by atoms with Crippen molar-refractivity contribution < 1.29 is 9.59 Å². The van der Waals surface area contributed by atoms with E-state index in [1.807, 2.05) is 6.92 Å². The quantitative estimate of drug-likeness (QED) is 0.400. The van der Waals surface area contributed by atoms with Crippen molar-refractivity contribution in [2.45, 2.75) is 36.6 Å². The van der Waals surface area contributed by atoms with Crippen LogP contribution in [0.3, 0.4) is 0 Å². The smallest absolute Gasteiger partial charge is 0.323 e. The lowest BCUT2D eigenvalue weighted by Gasteiger charge is -2.17. The maximum Gasteiger partial charge on any atom is 0.323 e. The van der Waals surface area contributed by atoms with Crippen LogP contribution < -0.4 is 15.9 Å². The second kappa shape index (κ2) is 7.76. The average Bonchev–Trinajstić information content (AvgIpc) is 3.26. The van der Waals surface area contributed by atoms with E-state index in [2.05, 4.69) is 25.5 Å². The molecule has 3 N–H and O–H groups in total. The van der Waals surface area contributed by atoms with Crippen LogP contribution in [0.1, 0.15) is 26.2 Å². The number of carbonyl (C=O) groups is 2. The predicted octanol–water partition coefficient (Wildman–Crippen LogP) is 2.34. The molecule has 0 aliphatic heterocycles. The van der Waals surface area contributed by atoms with Gasteiger partial charge in [0.15, 0.2) is 4.34 Å². The molecular weight excluding hydrogens is 400 g/mol. The normalized spacial score (nSPS) is 13.6. The minimum absolute atomic E-state index is 0.0473. The number of nitrogens with one attached hydrogen (secondary N) is 3. The molecule has 0 bridgehead atoms. The lowest BCUT2D eigenvalue weighted by Crippen LogP contribution is -2.32. The van der Waals surface area contributed by atoms with Crippen LogP contribution in [0.4, 0.5) is 10.8 Å². The molecule has 11 heteroatoms. The van der Waals surface area contributed by atoms with Gasteiger partial charge < -0.3 is 15.3 Å². The molecule has 4 rings (SSSR count). The molecule has 2 amide bonds. The lowest BCUT2D eigenvalue weighted by molar-refractivity contribution is -0.118. The molecule has 2 aromatic heterocycles. The van der Waals surface area contributed by atoms with Crippen LogP contribution in [0, 0.1) is 0 Å². The first-order valence-electron chi connectivity index (χ1n) is 8.83. The van der Waals surface area contributed by atoms with E-state index in [0.717, 1.165) is 12.8 Å². The zero-order valence-electron chi connectivity index (χ0n) is 15.0. The summed E-state index contributed by atoms with van der Waals surface area (Å²) >= 11 is 2.60. The minimum Gasteiger partial charge on any atom is -0.325 e. The van der Waals surface area contributed by atoms with Gasteiger partial charge in [0, 0.05) is 18.2 Å². The molecule has 0 radical (unpaired) electrons. The second-order valence-corrected chi connectivity index (χ2v) is 8.55. The Morgan fingerprint density at radius 1 is 1.29 bits per heavy atom. The van der Waals surface area contributed by atoms with Crippen molar-refractivity contribution in [1.82, 2.24) is 20.2 Å². The molecule has 1 saturated carbocycles. The van der Waals surface area contributed by atoms with Crippen molar-refractivity contribution in [3.8, 4) is 0 Å². The highest BCUT2D eigenvalue weighted by Gasteiger charge is 2.35. The minimum atomic E-state index is -0.289. The van der Waals surface area contributed by atoms with Gasteiger partial charge in [-0.15, -0.1) is 10.2 Å². The number of benzene rings is 1. The van der Waals surface area contributed by atoms with E-state index >= 15 is 0 Å². The number of hydrogen-bond acceptors (Lipinski definition) is 7. The van der Waals surface area contributed by atoms with Crippen molar-refractivity contribution in [1.29, 1.82) is 0 Å². The topological polar surface area (TPSA) is 124 Å². The molecule has 1 aromatic carbocycles. The molecule has 0 spiro atoms. The van der Waals surface area contributed by atoms with E-state index in [-0.39, 0.29) is 29.3 Å². The van der Waals surface area contributed by atoms with Gasteiger partial charge >= 0.3 is 5.69 Å². The zero-order chi connectivity index (χ0) is 19.7.